The van der Waals surface area contributed by atoms with Gasteiger partial charge in [0.2, 0.25) is 0 Å². The van der Waals surface area contributed by atoms with Gasteiger partial charge in [0.25, 0.3) is 5.91 Å². The van der Waals surface area contributed by atoms with Crippen LogP contribution in [0.2, 0.25) is 0 Å². The third-order valence-corrected chi connectivity index (χ3v) is 3.80. The molecule has 0 bridgehead atoms. The number of hydrogen-bond acceptors (Lipinski definition) is 2. The largest absolute Gasteiger partial charge is 0.346 e. The maximum atomic E-state index is 12.5. The molecule has 2 heterocycles. The number of carbonyl (C=O) groups is 2. The molecule has 0 saturated carbocycles. The molecule has 4 nitrogen and oxygen atoms in total. The highest BCUT2D eigenvalue weighted by molar-refractivity contribution is 6.17. The van der Waals surface area contributed by atoms with Crippen LogP contribution in [-0.4, -0.2) is 40.1 Å². The molecule has 1 aliphatic rings. The summed E-state index contributed by atoms with van der Waals surface area (Å²) in [6, 6.07) is 1.74. The molecule has 0 saturated heterocycles. The van der Waals surface area contributed by atoms with Gasteiger partial charge in [-0.25, -0.2) is 0 Å². The number of carbonyl (C=O) groups excluding carboxylic acids is 2. The van der Waals surface area contributed by atoms with Crippen molar-refractivity contribution in [1.29, 1.82) is 0 Å². The number of Topliss-reactive ketones (excluding diaryl/α,β-unsaturated/α-hetero) is 1. The molecule has 0 aliphatic carbocycles. The average molecular weight is 283 g/mol. The van der Waals surface area contributed by atoms with Crippen LogP contribution in [0.5, 0.6) is 0 Å². The van der Waals surface area contributed by atoms with E-state index in [1.54, 1.807) is 28.8 Å². The van der Waals surface area contributed by atoms with Gasteiger partial charge in [0.1, 0.15) is 5.69 Å². The van der Waals surface area contributed by atoms with E-state index in [0.717, 1.165) is 19.3 Å². The number of halogens is 1. The van der Waals surface area contributed by atoms with Crippen molar-refractivity contribution < 1.29 is 9.59 Å². The fourth-order valence-electron chi connectivity index (χ4n) is 2.43. The standard InChI is InChI=1S/C14H19ClN2O2/c1-16-9-5-11-12(18)6-10-17(14(19)13(11)16)8-4-2-3-7-15/h5,9H,2-4,6-8,10H2,1H3. The Balaban J connectivity index is 2.10. The predicted molar refractivity (Wildman–Crippen MR) is 74.8 cm³/mol. The molecule has 2 rings (SSSR count). The Bertz CT molecular complexity index is 482. The van der Waals surface area contributed by atoms with Gasteiger partial charge in [-0.2, -0.15) is 0 Å². The fourth-order valence-corrected chi connectivity index (χ4v) is 2.62. The van der Waals surface area contributed by atoms with Crippen LogP contribution in [0.1, 0.15) is 46.5 Å². The Hall–Kier alpha value is -1.29. The first-order chi connectivity index (χ1) is 9.15. The van der Waals surface area contributed by atoms with E-state index in [1.807, 2.05) is 0 Å². The van der Waals surface area contributed by atoms with E-state index in [9.17, 15) is 9.59 Å². The van der Waals surface area contributed by atoms with Crippen molar-refractivity contribution in [2.24, 2.45) is 7.05 Å². The van der Waals surface area contributed by atoms with E-state index in [1.165, 1.54) is 0 Å². The summed E-state index contributed by atoms with van der Waals surface area (Å²) in [6.07, 6.45) is 5.11. The van der Waals surface area contributed by atoms with E-state index < -0.39 is 0 Å². The van der Waals surface area contributed by atoms with Gasteiger partial charge in [-0.05, 0) is 18.9 Å². The second-order valence-electron chi connectivity index (χ2n) is 4.90. The second-order valence-corrected chi connectivity index (χ2v) is 5.28. The zero-order valence-electron chi connectivity index (χ0n) is 11.2. The van der Waals surface area contributed by atoms with Crippen LogP contribution in [0.15, 0.2) is 12.3 Å². The lowest BCUT2D eigenvalue weighted by Crippen LogP contribution is -2.33. The normalized spacial score (nSPS) is 15.6. The number of alkyl halides is 1. The summed E-state index contributed by atoms with van der Waals surface area (Å²) in [7, 11) is 1.81. The van der Waals surface area contributed by atoms with E-state index in [0.29, 0.717) is 36.6 Å². The Labute approximate surface area is 118 Å². The third kappa shape index (κ3) is 3.00. The van der Waals surface area contributed by atoms with Crippen molar-refractivity contribution in [3.63, 3.8) is 0 Å². The van der Waals surface area contributed by atoms with Crippen LogP contribution in [0.25, 0.3) is 0 Å². The quantitative estimate of drug-likeness (QED) is 0.615. The van der Waals surface area contributed by atoms with Crippen molar-refractivity contribution in [1.82, 2.24) is 9.47 Å². The SMILES string of the molecule is Cn1ccc2c1C(=O)N(CCCCCCl)CCC2=O. The maximum absolute atomic E-state index is 12.5. The number of amides is 1. The second kappa shape index (κ2) is 6.24. The summed E-state index contributed by atoms with van der Waals surface area (Å²) in [4.78, 5) is 26.2. The lowest BCUT2D eigenvalue weighted by Gasteiger charge is -2.20. The lowest BCUT2D eigenvalue weighted by molar-refractivity contribution is 0.0746. The molecule has 0 unspecified atom stereocenters. The molecule has 1 aromatic heterocycles. The Morgan fingerprint density at radius 3 is 2.79 bits per heavy atom. The number of ketones is 1. The molecular formula is C14H19ClN2O2. The number of rotatable bonds is 5. The summed E-state index contributed by atoms with van der Waals surface area (Å²) < 4.78 is 1.74. The smallest absolute Gasteiger partial charge is 0.271 e. The molecule has 5 heteroatoms. The van der Waals surface area contributed by atoms with Crippen LogP contribution < -0.4 is 0 Å². The maximum Gasteiger partial charge on any atom is 0.271 e. The van der Waals surface area contributed by atoms with Crippen molar-refractivity contribution in [2.45, 2.75) is 25.7 Å². The van der Waals surface area contributed by atoms with Crippen LogP contribution >= 0.6 is 11.6 Å². The van der Waals surface area contributed by atoms with Crippen LogP contribution in [0.4, 0.5) is 0 Å². The molecule has 0 aromatic carbocycles. The highest BCUT2D eigenvalue weighted by Gasteiger charge is 2.28. The molecule has 1 aliphatic heterocycles. The Morgan fingerprint density at radius 1 is 1.26 bits per heavy atom. The fraction of sp³-hybridized carbons (Fsp3) is 0.571. The van der Waals surface area contributed by atoms with Crippen molar-refractivity contribution >= 4 is 23.3 Å². The number of unbranched alkanes of at least 4 members (excludes halogenated alkanes) is 2. The van der Waals surface area contributed by atoms with Gasteiger partial charge in [0, 0.05) is 44.2 Å². The molecule has 1 aromatic rings. The van der Waals surface area contributed by atoms with Crippen LogP contribution in [0.3, 0.4) is 0 Å². The van der Waals surface area contributed by atoms with Gasteiger partial charge >= 0.3 is 0 Å². The number of aromatic nitrogens is 1. The number of hydrogen-bond donors (Lipinski definition) is 0. The van der Waals surface area contributed by atoms with Gasteiger partial charge in [0.05, 0.1) is 0 Å². The van der Waals surface area contributed by atoms with Gasteiger partial charge in [-0.15, -0.1) is 11.6 Å². The Morgan fingerprint density at radius 2 is 2.05 bits per heavy atom. The topological polar surface area (TPSA) is 42.3 Å². The number of fused-ring (bicyclic) bond motifs is 1. The summed E-state index contributed by atoms with van der Waals surface area (Å²) in [5.74, 6) is 0.695. The van der Waals surface area contributed by atoms with Crippen LogP contribution in [-0.2, 0) is 7.05 Å². The monoisotopic (exact) mass is 282 g/mol. The van der Waals surface area contributed by atoms with Gasteiger partial charge < -0.3 is 9.47 Å². The number of nitrogens with zero attached hydrogens (tertiary/aromatic N) is 2. The first kappa shape index (κ1) is 14.1. The van der Waals surface area contributed by atoms with Gasteiger partial charge in [-0.3, -0.25) is 9.59 Å². The van der Waals surface area contributed by atoms with E-state index in [-0.39, 0.29) is 11.7 Å². The summed E-state index contributed by atoms with van der Waals surface area (Å²) in [5.41, 5.74) is 1.09. The lowest BCUT2D eigenvalue weighted by atomic mass is 10.1. The molecule has 0 spiro atoms. The minimum Gasteiger partial charge on any atom is -0.346 e. The average Bonchev–Trinajstić information content (AvgIpc) is 2.73. The zero-order chi connectivity index (χ0) is 13.8. The molecule has 104 valence electrons. The molecule has 0 fully saturated rings. The first-order valence-corrected chi connectivity index (χ1v) is 7.22. The molecule has 19 heavy (non-hydrogen) atoms. The zero-order valence-corrected chi connectivity index (χ0v) is 11.9. The van der Waals surface area contributed by atoms with Crippen molar-refractivity contribution in [3.8, 4) is 0 Å². The summed E-state index contributed by atoms with van der Waals surface area (Å²) in [5, 5.41) is 0. The molecule has 0 radical (unpaired) electrons. The van der Waals surface area contributed by atoms with Gasteiger partial charge in [-0.1, -0.05) is 6.42 Å². The Kier molecular flexibility index (Phi) is 4.64. The van der Waals surface area contributed by atoms with E-state index >= 15 is 0 Å². The molecule has 0 atom stereocenters. The van der Waals surface area contributed by atoms with Crippen LogP contribution in [0, 0.1) is 0 Å². The van der Waals surface area contributed by atoms with E-state index in [4.69, 9.17) is 11.6 Å². The molecule has 0 N–H and O–H groups in total. The molecule has 1 amide bonds. The van der Waals surface area contributed by atoms with E-state index in [2.05, 4.69) is 0 Å². The predicted octanol–water partition coefficient (Wildman–Crippen LogP) is 2.46. The summed E-state index contributed by atoms with van der Waals surface area (Å²) in [6.45, 7) is 1.22. The highest BCUT2D eigenvalue weighted by atomic mass is 35.5. The van der Waals surface area contributed by atoms with Crippen molar-refractivity contribution in [3.05, 3.63) is 23.5 Å². The minimum atomic E-state index is -0.0285. The van der Waals surface area contributed by atoms with Gasteiger partial charge in [0.15, 0.2) is 5.78 Å². The summed E-state index contributed by atoms with van der Waals surface area (Å²) >= 11 is 5.64. The highest BCUT2D eigenvalue weighted by Crippen LogP contribution is 2.19. The first-order valence-electron chi connectivity index (χ1n) is 6.69. The molecular weight excluding hydrogens is 264 g/mol. The minimum absolute atomic E-state index is 0.0285. The van der Waals surface area contributed by atoms with Crippen molar-refractivity contribution in [2.75, 3.05) is 19.0 Å². The number of aryl methyl sites for hydroxylation is 1. The third-order valence-electron chi connectivity index (χ3n) is 3.53.